The highest BCUT2D eigenvalue weighted by Gasteiger charge is 1.91. The SMILES string of the molecule is CCCCCCCCCCCCCC.NCc1ccccc1. The molecule has 0 atom stereocenters. The second-order valence-electron chi connectivity index (χ2n) is 6.23. The molecule has 1 aromatic carbocycles. The van der Waals surface area contributed by atoms with Gasteiger partial charge in [-0.3, -0.25) is 0 Å². The lowest BCUT2D eigenvalue weighted by atomic mass is 10.1. The Kier molecular flexibility index (Phi) is 17.6. The number of rotatable bonds is 12. The van der Waals surface area contributed by atoms with Gasteiger partial charge in [0.15, 0.2) is 0 Å². The summed E-state index contributed by atoms with van der Waals surface area (Å²) in [5.41, 5.74) is 6.54. The minimum Gasteiger partial charge on any atom is -0.326 e. The standard InChI is InChI=1S/C14H30.C7H9N/c1-3-5-7-9-11-13-14-12-10-8-6-4-2;8-6-7-4-2-1-3-5-7/h3-14H2,1-2H3;1-5H,6,8H2. The van der Waals surface area contributed by atoms with Gasteiger partial charge >= 0.3 is 0 Å². The van der Waals surface area contributed by atoms with Crippen molar-refractivity contribution in [1.82, 2.24) is 0 Å². The van der Waals surface area contributed by atoms with E-state index in [0.717, 1.165) is 0 Å². The molecule has 1 heteroatoms. The summed E-state index contributed by atoms with van der Waals surface area (Å²) >= 11 is 0. The van der Waals surface area contributed by atoms with Gasteiger partial charge in [-0.2, -0.15) is 0 Å². The molecule has 0 spiro atoms. The van der Waals surface area contributed by atoms with Crippen molar-refractivity contribution < 1.29 is 0 Å². The van der Waals surface area contributed by atoms with Gasteiger partial charge in [-0.05, 0) is 5.56 Å². The normalized spacial score (nSPS) is 10.1. The van der Waals surface area contributed by atoms with Gasteiger partial charge < -0.3 is 5.73 Å². The Hall–Kier alpha value is -0.820. The zero-order valence-electron chi connectivity index (χ0n) is 15.2. The smallest absolute Gasteiger partial charge is 0.0178 e. The second kappa shape index (κ2) is 18.2. The summed E-state index contributed by atoms with van der Waals surface area (Å²) in [6.45, 7) is 5.21. The summed E-state index contributed by atoms with van der Waals surface area (Å²) in [6, 6.07) is 9.99. The first-order valence-corrected chi connectivity index (χ1v) is 9.59. The third-order valence-corrected chi connectivity index (χ3v) is 4.04. The molecule has 0 aliphatic carbocycles. The molecule has 0 amide bonds. The summed E-state index contributed by atoms with van der Waals surface area (Å²) in [4.78, 5) is 0. The lowest BCUT2D eigenvalue weighted by Gasteiger charge is -2.01. The van der Waals surface area contributed by atoms with E-state index in [4.69, 9.17) is 5.73 Å². The van der Waals surface area contributed by atoms with Crippen molar-refractivity contribution in [3.63, 3.8) is 0 Å². The molecule has 128 valence electrons. The van der Waals surface area contributed by atoms with Gasteiger partial charge in [0.1, 0.15) is 0 Å². The van der Waals surface area contributed by atoms with Crippen LogP contribution in [0.25, 0.3) is 0 Å². The van der Waals surface area contributed by atoms with Crippen LogP contribution in [0.3, 0.4) is 0 Å². The minimum absolute atomic E-state index is 0.640. The Labute approximate surface area is 139 Å². The van der Waals surface area contributed by atoms with Crippen LogP contribution in [-0.4, -0.2) is 0 Å². The maximum absolute atomic E-state index is 5.35. The zero-order chi connectivity index (χ0) is 16.3. The van der Waals surface area contributed by atoms with Crippen LogP contribution >= 0.6 is 0 Å². The molecule has 1 rings (SSSR count). The third kappa shape index (κ3) is 15.6. The fourth-order valence-corrected chi connectivity index (χ4v) is 2.53. The molecule has 0 aliphatic rings. The highest BCUT2D eigenvalue weighted by atomic mass is 14.5. The number of unbranched alkanes of at least 4 members (excludes halogenated alkanes) is 11. The third-order valence-electron chi connectivity index (χ3n) is 4.04. The van der Waals surface area contributed by atoms with Gasteiger partial charge in [-0.15, -0.1) is 0 Å². The Morgan fingerprint density at radius 3 is 1.23 bits per heavy atom. The van der Waals surface area contributed by atoms with E-state index in [1.54, 1.807) is 0 Å². The summed E-state index contributed by atoms with van der Waals surface area (Å²) in [7, 11) is 0. The van der Waals surface area contributed by atoms with Crippen LogP contribution in [0.2, 0.25) is 0 Å². The predicted octanol–water partition coefficient (Wildman–Crippen LogP) is 6.85. The van der Waals surface area contributed by atoms with E-state index in [1.165, 1.54) is 82.6 Å². The average molecular weight is 306 g/mol. The first-order valence-electron chi connectivity index (χ1n) is 9.59. The van der Waals surface area contributed by atoms with Crippen LogP contribution < -0.4 is 5.73 Å². The van der Waals surface area contributed by atoms with Crippen molar-refractivity contribution in [1.29, 1.82) is 0 Å². The summed E-state index contributed by atoms with van der Waals surface area (Å²) in [5.74, 6) is 0. The molecule has 0 aromatic heterocycles. The number of hydrogen-bond acceptors (Lipinski definition) is 1. The van der Waals surface area contributed by atoms with Crippen LogP contribution in [0, 0.1) is 0 Å². The Bertz CT molecular complexity index is 282. The predicted molar refractivity (Wildman–Crippen MR) is 101 cm³/mol. The fourth-order valence-electron chi connectivity index (χ4n) is 2.53. The molecule has 0 bridgehead atoms. The van der Waals surface area contributed by atoms with E-state index >= 15 is 0 Å². The topological polar surface area (TPSA) is 26.0 Å². The maximum atomic E-state index is 5.35. The highest BCUT2D eigenvalue weighted by Crippen LogP contribution is 2.11. The summed E-state index contributed by atoms with van der Waals surface area (Å²) in [6.07, 6.45) is 17.4. The zero-order valence-corrected chi connectivity index (χ0v) is 15.2. The molecule has 0 saturated carbocycles. The molecule has 2 N–H and O–H groups in total. The molecular weight excluding hydrogens is 266 g/mol. The molecular formula is C21H39N. The van der Waals surface area contributed by atoms with E-state index in [-0.39, 0.29) is 0 Å². The molecule has 0 heterocycles. The Morgan fingerprint density at radius 2 is 0.955 bits per heavy atom. The van der Waals surface area contributed by atoms with Crippen molar-refractivity contribution in [2.75, 3.05) is 0 Å². The van der Waals surface area contributed by atoms with Crippen molar-refractivity contribution in [2.45, 2.75) is 97.4 Å². The van der Waals surface area contributed by atoms with Gasteiger partial charge in [-0.1, -0.05) is 121 Å². The Balaban J connectivity index is 0.000000461. The lowest BCUT2D eigenvalue weighted by Crippen LogP contribution is -1.94. The van der Waals surface area contributed by atoms with E-state index in [2.05, 4.69) is 13.8 Å². The average Bonchev–Trinajstić information content (AvgIpc) is 2.58. The minimum atomic E-state index is 0.640. The van der Waals surface area contributed by atoms with E-state index in [0.29, 0.717) is 6.54 Å². The van der Waals surface area contributed by atoms with Crippen molar-refractivity contribution in [3.05, 3.63) is 35.9 Å². The van der Waals surface area contributed by atoms with Gasteiger partial charge in [0.25, 0.3) is 0 Å². The van der Waals surface area contributed by atoms with Crippen LogP contribution in [0.4, 0.5) is 0 Å². The second-order valence-corrected chi connectivity index (χ2v) is 6.23. The van der Waals surface area contributed by atoms with Crippen LogP contribution in [0.5, 0.6) is 0 Å². The van der Waals surface area contributed by atoms with Crippen LogP contribution in [0.1, 0.15) is 96.5 Å². The summed E-state index contributed by atoms with van der Waals surface area (Å²) in [5, 5.41) is 0. The van der Waals surface area contributed by atoms with Gasteiger partial charge in [-0.25, -0.2) is 0 Å². The maximum Gasteiger partial charge on any atom is 0.0178 e. The molecule has 0 radical (unpaired) electrons. The van der Waals surface area contributed by atoms with E-state index in [9.17, 15) is 0 Å². The van der Waals surface area contributed by atoms with Gasteiger partial charge in [0.2, 0.25) is 0 Å². The highest BCUT2D eigenvalue weighted by molar-refractivity contribution is 5.13. The summed E-state index contributed by atoms with van der Waals surface area (Å²) < 4.78 is 0. The van der Waals surface area contributed by atoms with Crippen molar-refractivity contribution in [2.24, 2.45) is 5.73 Å². The van der Waals surface area contributed by atoms with Crippen molar-refractivity contribution >= 4 is 0 Å². The number of nitrogens with two attached hydrogens (primary N) is 1. The molecule has 22 heavy (non-hydrogen) atoms. The first kappa shape index (κ1) is 21.2. The lowest BCUT2D eigenvalue weighted by molar-refractivity contribution is 0.548. The molecule has 1 aromatic rings. The molecule has 0 unspecified atom stereocenters. The quantitative estimate of drug-likeness (QED) is 0.420. The molecule has 0 fully saturated rings. The van der Waals surface area contributed by atoms with Crippen LogP contribution in [0.15, 0.2) is 30.3 Å². The Morgan fingerprint density at radius 1 is 0.591 bits per heavy atom. The van der Waals surface area contributed by atoms with Crippen LogP contribution in [-0.2, 0) is 6.54 Å². The van der Waals surface area contributed by atoms with Crippen molar-refractivity contribution in [3.8, 4) is 0 Å². The number of benzene rings is 1. The monoisotopic (exact) mass is 305 g/mol. The molecule has 1 nitrogen and oxygen atoms in total. The molecule has 0 saturated heterocycles. The van der Waals surface area contributed by atoms with Gasteiger partial charge in [0, 0.05) is 6.54 Å². The molecule has 0 aliphatic heterocycles. The van der Waals surface area contributed by atoms with E-state index < -0.39 is 0 Å². The number of hydrogen-bond donors (Lipinski definition) is 1. The fraction of sp³-hybridized carbons (Fsp3) is 0.714. The largest absolute Gasteiger partial charge is 0.326 e. The first-order chi connectivity index (χ1) is 10.8. The van der Waals surface area contributed by atoms with Gasteiger partial charge in [0.05, 0.1) is 0 Å². The van der Waals surface area contributed by atoms with E-state index in [1.807, 2.05) is 30.3 Å².